The van der Waals surface area contributed by atoms with Gasteiger partial charge in [0, 0.05) is 17.8 Å². The number of aryl methyl sites for hydroxylation is 2. The van der Waals surface area contributed by atoms with Crippen LogP contribution in [0.2, 0.25) is 0 Å². The van der Waals surface area contributed by atoms with Gasteiger partial charge in [0.05, 0.1) is 5.56 Å². The summed E-state index contributed by atoms with van der Waals surface area (Å²) in [6.07, 6.45) is 6.00. The van der Waals surface area contributed by atoms with Gasteiger partial charge in [-0.1, -0.05) is 13.8 Å². The molecule has 1 amide bonds. The smallest absolute Gasteiger partial charge is 0.253 e. The van der Waals surface area contributed by atoms with Crippen molar-refractivity contribution >= 4 is 5.91 Å². The van der Waals surface area contributed by atoms with E-state index in [1.165, 1.54) is 12.0 Å². The van der Waals surface area contributed by atoms with Crippen LogP contribution in [0.3, 0.4) is 0 Å². The Hall–Kier alpha value is -2.24. The van der Waals surface area contributed by atoms with E-state index in [0.717, 1.165) is 25.0 Å². The summed E-state index contributed by atoms with van der Waals surface area (Å²) >= 11 is 0. The molecule has 6 nitrogen and oxygen atoms in total. The van der Waals surface area contributed by atoms with Gasteiger partial charge in [-0.25, -0.2) is 0 Å². The fraction of sp³-hybridized carbons (Fsp3) is 0.529. The van der Waals surface area contributed by atoms with Crippen LogP contribution in [-0.4, -0.2) is 21.1 Å². The number of carbonyl (C=O) groups is 1. The van der Waals surface area contributed by atoms with Crippen molar-refractivity contribution in [3.8, 4) is 0 Å². The zero-order valence-corrected chi connectivity index (χ0v) is 13.8. The summed E-state index contributed by atoms with van der Waals surface area (Å²) in [6, 6.07) is 1.62. The van der Waals surface area contributed by atoms with Gasteiger partial charge in [0.25, 0.3) is 5.91 Å². The highest BCUT2D eigenvalue weighted by Gasteiger charge is 2.20. The predicted octanol–water partition coefficient (Wildman–Crippen LogP) is 2.96. The van der Waals surface area contributed by atoms with Gasteiger partial charge in [-0.3, -0.25) is 9.78 Å². The minimum absolute atomic E-state index is 0.164. The van der Waals surface area contributed by atoms with Crippen LogP contribution in [0.5, 0.6) is 0 Å². The third-order valence-electron chi connectivity index (χ3n) is 4.10. The summed E-state index contributed by atoms with van der Waals surface area (Å²) in [6.45, 7) is 5.81. The van der Waals surface area contributed by atoms with Crippen molar-refractivity contribution in [2.75, 3.05) is 0 Å². The first-order valence-electron chi connectivity index (χ1n) is 8.16. The average molecular weight is 314 g/mol. The maximum absolute atomic E-state index is 12.4. The van der Waals surface area contributed by atoms with Gasteiger partial charge in [0.2, 0.25) is 11.8 Å². The van der Waals surface area contributed by atoms with E-state index in [2.05, 4.69) is 20.5 Å². The van der Waals surface area contributed by atoms with E-state index in [0.29, 0.717) is 17.3 Å². The van der Waals surface area contributed by atoms with Crippen LogP contribution >= 0.6 is 0 Å². The summed E-state index contributed by atoms with van der Waals surface area (Å²) in [4.78, 5) is 16.8. The first-order chi connectivity index (χ1) is 11.0. The van der Waals surface area contributed by atoms with E-state index in [9.17, 15) is 4.79 Å². The van der Waals surface area contributed by atoms with Gasteiger partial charge in [-0.2, -0.15) is 0 Å². The molecular formula is C17H22N4O2. The number of aromatic nitrogens is 3. The van der Waals surface area contributed by atoms with E-state index in [1.54, 1.807) is 6.20 Å². The second kappa shape index (κ2) is 6.48. The van der Waals surface area contributed by atoms with Crippen molar-refractivity contribution in [2.45, 2.75) is 58.4 Å². The lowest BCUT2D eigenvalue weighted by molar-refractivity contribution is 0.0933. The van der Waals surface area contributed by atoms with Crippen molar-refractivity contribution in [3.63, 3.8) is 0 Å². The Morgan fingerprint density at radius 1 is 1.17 bits per heavy atom. The molecule has 122 valence electrons. The fourth-order valence-electron chi connectivity index (χ4n) is 2.71. The Bertz CT molecular complexity index is 708. The second-order valence-electron chi connectivity index (χ2n) is 6.37. The van der Waals surface area contributed by atoms with Crippen molar-refractivity contribution < 1.29 is 9.21 Å². The van der Waals surface area contributed by atoms with Gasteiger partial charge in [-0.15, -0.1) is 10.2 Å². The zero-order valence-electron chi connectivity index (χ0n) is 13.8. The Morgan fingerprint density at radius 3 is 2.65 bits per heavy atom. The van der Waals surface area contributed by atoms with Gasteiger partial charge in [-0.05, 0) is 44.2 Å². The fourth-order valence-corrected chi connectivity index (χ4v) is 2.71. The summed E-state index contributed by atoms with van der Waals surface area (Å²) in [5.41, 5.74) is 2.90. The predicted molar refractivity (Wildman–Crippen MR) is 85.1 cm³/mol. The molecule has 0 saturated carbocycles. The largest absolute Gasteiger partial charge is 0.423 e. The van der Waals surface area contributed by atoms with Gasteiger partial charge >= 0.3 is 0 Å². The Balaban J connectivity index is 1.70. The van der Waals surface area contributed by atoms with Crippen molar-refractivity contribution in [3.05, 3.63) is 40.9 Å². The van der Waals surface area contributed by atoms with Crippen molar-refractivity contribution in [1.29, 1.82) is 0 Å². The average Bonchev–Trinajstić information content (AvgIpc) is 3.04. The quantitative estimate of drug-likeness (QED) is 0.938. The standard InChI is InChI=1S/C17H22N4O2/c1-10(2)16-20-21-17(23-16)11(3)19-15(22)13-8-12-6-4-5-7-14(12)18-9-13/h8-11H,4-7H2,1-3H3,(H,19,22)/t11-/m1/s1. The second-order valence-corrected chi connectivity index (χ2v) is 6.37. The molecule has 1 N–H and O–H groups in total. The zero-order chi connectivity index (χ0) is 16.4. The van der Waals surface area contributed by atoms with Crippen LogP contribution in [0.25, 0.3) is 0 Å². The lowest BCUT2D eigenvalue weighted by Crippen LogP contribution is -2.27. The first kappa shape index (κ1) is 15.6. The monoisotopic (exact) mass is 314 g/mol. The molecule has 2 heterocycles. The van der Waals surface area contributed by atoms with Crippen molar-refractivity contribution in [2.24, 2.45) is 0 Å². The molecule has 1 aliphatic carbocycles. The molecule has 2 aromatic heterocycles. The highest BCUT2D eigenvalue weighted by atomic mass is 16.4. The highest BCUT2D eigenvalue weighted by molar-refractivity contribution is 5.94. The summed E-state index contributed by atoms with van der Waals surface area (Å²) < 4.78 is 5.58. The van der Waals surface area contributed by atoms with E-state index < -0.39 is 0 Å². The SMILES string of the molecule is CC(C)c1nnc([C@@H](C)NC(=O)c2cnc3c(c2)CCCC3)o1. The maximum Gasteiger partial charge on any atom is 0.253 e. The third kappa shape index (κ3) is 3.41. The Morgan fingerprint density at radius 2 is 1.91 bits per heavy atom. The Labute approximate surface area is 135 Å². The molecule has 0 spiro atoms. The molecule has 1 aliphatic rings. The van der Waals surface area contributed by atoms with Gasteiger partial charge in [0.1, 0.15) is 6.04 Å². The summed E-state index contributed by atoms with van der Waals surface area (Å²) in [5, 5.41) is 10.9. The molecule has 0 radical (unpaired) electrons. The topological polar surface area (TPSA) is 80.9 Å². The van der Waals surface area contributed by atoms with Gasteiger partial charge < -0.3 is 9.73 Å². The number of hydrogen-bond donors (Lipinski definition) is 1. The number of nitrogens with zero attached hydrogens (tertiary/aromatic N) is 3. The number of fused-ring (bicyclic) bond motifs is 1. The maximum atomic E-state index is 12.4. The van der Waals surface area contributed by atoms with Crippen LogP contribution in [0.4, 0.5) is 0 Å². The number of rotatable bonds is 4. The number of nitrogens with one attached hydrogen (secondary N) is 1. The highest BCUT2D eigenvalue weighted by Crippen LogP contribution is 2.21. The number of pyridine rings is 1. The molecule has 0 aromatic carbocycles. The molecule has 0 fully saturated rings. The molecule has 23 heavy (non-hydrogen) atoms. The number of hydrogen-bond acceptors (Lipinski definition) is 5. The summed E-state index contributed by atoms with van der Waals surface area (Å²) in [7, 11) is 0. The molecule has 6 heteroatoms. The first-order valence-corrected chi connectivity index (χ1v) is 8.16. The van der Waals surface area contributed by atoms with E-state index >= 15 is 0 Å². The summed E-state index contributed by atoms with van der Waals surface area (Å²) in [5.74, 6) is 1.01. The molecule has 0 saturated heterocycles. The van der Waals surface area contributed by atoms with Crippen molar-refractivity contribution in [1.82, 2.24) is 20.5 Å². The molecule has 3 rings (SSSR count). The third-order valence-corrected chi connectivity index (χ3v) is 4.10. The van der Waals surface area contributed by atoms with E-state index in [1.807, 2.05) is 26.8 Å². The van der Waals surface area contributed by atoms with Crippen LogP contribution in [0.1, 0.15) is 79.0 Å². The minimum atomic E-state index is -0.335. The van der Waals surface area contributed by atoms with E-state index in [4.69, 9.17) is 4.42 Å². The van der Waals surface area contributed by atoms with Crippen LogP contribution in [0, 0.1) is 0 Å². The molecule has 0 unspecified atom stereocenters. The van der Waals surface area contributed by atoms with Crippen LogP contribution in [-0.2, 0) is 12.8 Å². The van der Waals surface area contributed by atoms with Crippen LogP contribution < -0.4 is 5.32 Å². The molecular weight excluding hydrogens is 292 g/mol. The Kier molecular flexibility index (Phi) is 4.41. The normalized spacial score (nSPS) is 15.3. The lowest BCUT2D eigenvalue weighted by Gasteiger charge is -2.16. The molecule has 0 aliphatic heterocycles. The minimum Gasteiger partial charge on any atom is -0.423 e. The van der Waals surface area contributed by atoms with Gasteiger partial charge in [0.15, 0.2) is 0 Å². The van der Waals surface area contributed by atoms with Crippen LogP contribution in [0.15, 0.2) is 16.7 Å². The number of amides is 1. The molecule has 2 aromatic rings. The lowest BCUT2D eigenvalue weighted by atomic mass is 9.95. The molecule has 1 atom stereocenters. The van der Waals surface area contributed by atoms with E-state index in [-0.39, 0.29) is 17.9 Å². The number of carbonyl (C=O) groups excluding carboxylic acids is 1. The molecule has 0 bridgehead atoms.